The van der Waals surface area contributed by atoms with E-state index in [1.165, 1.54) is 17.0 Å². The summed E-state index contributed by atoms with van der Waals surface area (Å²) in [4.78, 5) is 2.54. The number of hydrogen-bond acceptors (Lipinski definition) is 2. The van der Waals surface area contributed by atoms with Gasteiger partial charge in [0.05, 0.1) is 17.4 Å². The number of fused-ring (bicyclic) bond motifs is 1. The Balaban J connectivity index is 1.73. The summed E-state index contributed by atoms with van der Waals surface area (Å²) in [7, 11) is 0. The van der Waals surface area contributed by atoms with Gasteiger partial charge in [-0.2, -0.15) is 0 Å². The van der Waals surface area contributed by atoms with Crippen LogP contribution in [0.5, 0.6) is 0 Å². The Bertz CT molecular complexity index is 682. The summed E-state index contributed by atoms with van der Waals surface area (Å²) in [6.45, 7) is 0. The molecule has 0 amide bonds. The molecule has 0 bridgehead atoms. The van der Waals surface area contributed by atoms with Crippen molar-refractivity contribution < 1.29 is 0 Å². The first-order valence-corrected chi connectivity index (χ1v) is 8.66. The molecule has 1 aliphatic heterocycles. The summed E-state index contributed by atoms with van der Waals surface area (Å²) in [6.07, 6.45) is 17.1. The fourth-order valence-electron chi connectivity index (χ4n) is 3.43. The average Bonchev–Trinajstić information content (AvgIpc) is 2.96. The van der Waals surface area contributed by atoms with Gasteiger partial charge in [0.15, 0.2) is 0 Å². The van der Waals surface area contributed by atoms with E-state index in [4.69, 9.17) is 0 Å². The number of allylic oxidation sites excluding steroid dienone is 4. The van der Waals surface area contributed by atoms with Gasteiger partial charge in [0.2, 0.25) is 0 Å². The standard InChI is InChI=1S/C19H19BrN2/c20-15-12-10-14(11-13-15)19-21-17-8-4-5-9-18(17)22(19)16-6-2-1-3-7-16/h1-3,6,8-13,16,19,21H,4-5,7H2. The normalized spacial score (nSPS) is 26.3. The highest BCUT2D eigenvalue weighted by Gasteiger charge is 2.36. The first-order chi connectivity index (χ1) is 10.8. The first kappa shape index (κ1) is 13.9. The fourth-order valence-corrected chi connectivity index (χ4v) is 3.69. The summed E-state index contributed by atoms with van der Waals surface area (Å²) in [5, 5.41) is 3.72. The molecule has 2 atom stereocenters. The van der Waals surface area contributed by atoms with Crippen LogP contribution in [-0.4, -0.2) is 10.9 Å². The van der Waals surface area contributed by atoms with Crippen molar-refractivity contribution >= 4 is 15.9 Å². The molecular weight excluding hydrogens is 336 g/mol. The van der Waals surface area contributed by atoms with E-state index < -0.39 is 0 Å². The summed E-state index contributed by atoms with van der Waals surface area (Å²) in [5.74, 6) is 0. The first-order valence-electron chi connectivity index (χ1n) is 7.87. The summed E-state index contributed by atoms with van der Waals surface area (Å²) in [5.41, 5.74) is 3.97. The van der Waals surface area contributed by atoms with Crippen LogP contribution in [0.4, 0.5) is 0 Å². The molecule has 0 saturated carbocycles. The molecule has 1 N–H and O–H groups in total. The molecule has 3 heteroatoms. The third-order valence-electron chi connectivity index (χ3n) is 4.48. The van der Waals surface area contributed by atoms with Gasteiger partial charge in [0.1, 0.15) is 6.17 Å². The Hall–Kier alpha value is -1.74. The van der Waals surface area contributed by atoms with Crippen LogP contribution in [0.1, 0.15) is 31.0 Å². The lowest BCUT2D eigenvalue weighted by Gasteiger charge is -2.34. The van der Waals surface area contributed by atoms with Gasteiger partial charge >= 0.3 is 0 Å². The lowest BCUT2D eigenvalue weighted by molar-refractivity contribution is 0.235. The molecule has 1 aromatic carbocycles. The summed E-state index contributed by atoms with van der Waals surface area (Å²) < 4.78 is 1.12. The van der Waals surface area contributed by atoms with Gasteiger partial charge in [-0.15, -0.1) is 0 Å². The number of nitrogens with one attached hydrogen (secondary N) is 1. The third-order valence-corrected chi connectivity index (χ3v) is 5.01. The van der Waals surface area contributed by atoms with Crippen molar-refractivity contribution in [1.82, 2.24) is 10.2 Å². The molecule has 112 valence electrons. The van der Waals surface area contributed by atoms with Gasteiger partial charge < -0.3 is 10.2 Å². The summed E-state index contributed by atoms with van der Waals surface area (Å²) in [6, 6.07) is 9.07. The number of benzene rings is 1. The second-order valence-electron chi connectivity index (χ2n) is 5.91. The SMILES string of the molecule is Brc1ccc(C2NC3=CCCC=C3N2C2C=CC=CC2)cc1. The number of nitrogens with zero attached hydrogens (tertiary/aromatic N) is 1. The maximum Gasteiger partial charge on any atom is 0.126 e. The summed E-state index contributed by atoms with van der Waals surface area (Å²) >= 11 is 3.53. The molecule has 0 spiro atoms. The van der Waals surface area contributed by atoms with Gasteiger partial charge in [-0.3, -0.25) is 0 Å². The van der Waals surface area contributed by atoms with E-state index in [0.717, 1.165) is 23.7 Å². The average molecular weight is 355 g/mol. The van der Waals surface area contributed by atoms with Gasteiger partial charge in [-0.1, -0.05) is 64.5 Å². The molecule has 3 aliphatic rings. The van der Waals surface area contributed by atoms with E-state index in [-0.39, 0.29) is 6.17 Å². The van der Waals surface area contributed by atoms with E-state index in [2.05, 4.69) is 86.9 Å². The van der Waals surface area contributed by atoms with Crippen LogP contribution in [0.25, 0.3) is 0 Å². The lowest BCUT2D eigenvalue weighted by atomic mass is 10.0. The predicted molar refractivity (Wildman–Crippen MR) is 93.9 cm³/mol. The van der Waals surface area contributed by atoms with Crippen LogP contribution in [0, 0.1) is 0 Å². The highest BCUT2D eigenvalue weighted by atomic mass is 79.9. The number of rotatable bonds is 2. The van der Waals surface area contributed by atoms with Gasteiger partial charge in [-0.25, -0.2) is 0 Å². The second kappa shape index (κ2) is 5.81. The molecule has 0 aromatic heterocycles. The molecule has 1 aromatic rings. The van der Waals surface area contributed by atoms with Crippen LogP contribution >= 0.6 is 15.9 Å². The smallest absolute Gasteiger partial charge is 0.126 e. The maximum absolute atomic E-state index is 3.72. The van der Waals surface area contributed by atoms with Crippen molar-refractivity contribution in [2.24, 2.45) is 0 Å². The zero-order valence-electron chi connectivity index (χ0n) is 12.4. The Morgan fingerprint density at radius 3 is 2.64 bits per heavy atom. The van der Waals surface area contributed by atoms with Crippen molar-refractivity contribution in [3.63, 3.8) is 0 Å². The Labute approximate surface area is 140 Å². The molecule has 2 nitrogen and oxygen atoms in total. The van der Waals surface area contributed by atoms with Crippen LogP contribution < -0.4 is 5.32 Å². The number of hydrogen-bond donors (Lipinski definition) is 1. The highest BCUT2D eigenvalue weighted by Crippen LogP contribution is 2.39. The maximum atomic E-state index is 3.72. The molecular formula is C19H19BrN2. The molecule has 4 rings (SSSR count). The highest BCUT2D eigenvalue weighted by molar-refractivity contribution is 9.10. The van der Waals surface area contributed by atoms with Crippen molar-refractivity contribution in [2.45, 2.75) is 31.5 Å². The molecule has 22 heavy (non-hydrogen) atoms. The van der Waals surface area contributed by atoms with Crippen molar-refractivity contribution in [1.29, 1.82) is 0 Å². The molecule has 1 heterocycles. The van der Waals surface area contributed by atoms with Crippen LogP contribution in [-0.2, 0) is 0 Å². The zero-order chi connectivity index (χ0) is 14.9. The van der Waals surface area contributed by atoms with Crippen molar-refractivity contribution in [3.05, 3.63) is 82.2 Å². The van der Waals surface area contributed by atoms with Gasteiger partial charge in [0, 0.05) is 4.47 Å². The van der Waals surface area contributed by atoms with Crippen LogP contribution in [0.2, 0.25) is 0 Å². The topological polar surface area (TPSA) is 15.3 Å². The minimum atomic E-state index is 0.213. The van der Waals surface area contributed by atoms with E-state index in [0.29, 0.717) is 6.04 Å². The Morgan fingerprint density at radius 2 is 1.86 bits per heavy atom. The quantitative estimate of drug-likeness (QED) is 0.820. The molecule has 2 unspecified atom stereocenters. The van der Waals surface area contributed by atoms with Crippen molar-refractivity contribution in [2.75, 3.05) is 0 Å². The lowest BCUT2D eigenvalue weighted by Crippen LogP contribution is -2.35. The molecule has 2 aliphatic carbocycles. The van der Waals surface area contributed by atoms with Gasteiger partial charge in [-0.05, 0) is 37.0 Å². The molecule has 1 saturated heterocycles. The number of halogens is 1. The Kier molecular flexibility index (Phi) is 3.67. The fraction of sp³-hybridized carbons (Fsp3) is 0.263. The third kappa shape index (κ3) is 2.44. The predicted octanol–water partition coefficient (Wildman–Crippen LogP) is 4.80. The minimum Gasteiger partial charge on any atom is -0.360 e. The van der Waals surface area contributed by atoms with E-state index in [1.807, 2.05) is 0 Å². The zero-order valence-corrected chi connectivity index (χ0v) is 14.0. The minimum absolute atomic E-state index is 0.213. The molecule has 0 radical (unpaired) electrons. The van der Waals surface area contributed by atoms with Gasteiger partial charge in [0.25, 0.3) is 0 Å². The van der Waals surface area contributed by atoms with E-state index in [9.17, 15) is 0 Å². The monoisotopic (exact) mass is 354 g/mol. The van der Waals surface area contributed by atoms with Crippen molar-refractivity contribution in [3.8, 4) is 0 Å². The Morgan fingerprint density at radius 1 is 1.05 bits per heavy atom. The van der Waals surface area contributed by atoms with Crippen LogP contribution in [0.3, 0.4) is 0 Å². The van der Waals surface area contributed by atoms with E-state index in [1.54, 1.807) is 0 Å². The second-order valence-corrected chi connectivity index (χ2v) is 6.82. The van der Waals surface area contributed by atoms with Crippen LogP contribution in [0.15, 0.2) is 76.6 Å². The molecule has 1 fully saturated rings. The van der Waals surface area contributed by atoms with E-state index >= 15 is 0 Å². The largest absolute Gasteiger partial charge is 0.360 e.